The molecule has 0 aliphatic heterocycles. The van der Waals surface area contributed by atoms with Crippen molar-refractivity contribution >= 4 is 23.3 Å². The van der Waals surface area contributed by atoms with Crippen LogP contribution in [-0.4, -0.2) is 17.3 Å². The second kappa shape index (κ2) is 6.81. The molecule has 0 atom stereocenters. The molecule has 0 unspecified atom stereocenters. The zero-order valence-electron chi connectivity index (χ0n) is 12.8. The van der Waals surface area contributed by atoms with Gasteiger partial charge in [-0.05, 0) is 62.4 Å². The Hall–Kier alpha value is -2.37. The predicted molar refractivity (Wildman–Crippen MR) is 88.4 cm³/mol. The third-order valence-corrected chi connectivity index (χ3v) is 3.53. The van der Waals surface area contributed by atoms with E-state index in [-0.39, 0.29) is 5.78 Å². The van der Waals surface area contributed by atoms with Gasteiger partial charge in [0.1, 0.15) is 5.75 Å². The molecule has 6 heteroatoms. The van der Waals surface area contributed by atoms with Gasteiger partial charge < -0.3 is 4.74 Å². The van der Waals surface area contributed by atoms with Crippen molar-refractivity contribution < 1.29 is 14.3 Å². The summed E-state index contributed by atoms with van der Waals surface area (Å²) in [6, 6.07) is 13.2. The minimum Gasteiger partial charge on any atom is -0.478 e. The fourth-order valence-electron chi connectivity index (χ4n) is 1.96. The Balaban J connectivity index is 2.15. The van der Waals surface area contributed by atoms with E-state index in [9.17, 15) is 9.59 Å². The van der Waals surface area contributed by atoms with Crippen LogP contribution in [0.25, 0.3) is 0 Å². The Morgan fingerprint density at radius 3 is 1.96 bits per heavy atom. The van der Waals surface area contributed by atoms with Crippen LogP contribution in [-0.2, 0) is 4.79 Å². The van der Waals surface area contributed by atoms with E-state index in [0.717, 1.165) is 0 Å². The van der Waals surface area contributed by atoms with Crippen molar-refractivity contribution in [3.05, 3.63) is 64.7 Å². The van der Waals surface area contributed by atoms with Crippen molar-refractivity contribution in [2.45, 2.75) is 19.4 Å². The number of carbonyl (C=O) groups is 2. The summed E-state index contributed by atoms with van der Waals surface area (Å²) >= 11 is 5.81. The monoisotopic (exact) mass is 332 g/mol. The number of amides is 1. The number of hydrazine groups is 1. The molecule has 0 heterocycles. The lowest BCUT2D eigenvalue weighted by Crippen LogP contribution is -2.49. The number of rotatable bonds is 5. The Morgan fingerprint density at radius 1 is 1.00 bits per heavy atom. The van der Waals surface area contributed by atoms with Crippen LogP contribution in [0.2, 0.25) is 5.02 Å². The summed E-state index contributed by atoms with van der Waals surface area (Å²) in [4.78, 5) is 23.9. The van der Waals surface area contributed by atoms with Gasteiger partial charge >= 0.3 is 0 Å². The average Bonchev–Trinajstić information content (AvgIpc) is 2.54. The molecule has 0 aliphatic carbocycles. The SMILES string of the molecule is CC(C)(Oc1ccc(C(=O)c2ccc(Cl)cc2)cc1)C(=O)NN. The Labute approximate surface area is 139 Å². The van der Waals surface area contributed by atoms with E-state index in [1.165, 1.54) is 0 Å². The zero-order chi connectivity index (χ0) is 17.0. The van der Waals surface area contributed by atoms with Crippen molar-refractivity contribution in [3.63, 3.8) is 0 Å². The fourth-order valence-corrected chi connectivity index (χ4v) is 2.08. The summed E-state index contributed by atoms with van der Waals surface area (Å²) < 4.78 is 5.59. The third-order valence-electron chi connectivity index (χ3n) is 3.27. The van der Waals surface area contributed by atoms with E-state index >= 15 is 0 Å². The predicted octanol–water partition coefficient (Wildman–Crippen LogP) is 2.72. The first-order chi connectivity index (χ1) is 10.8. The van der Waals surface area contributed by atoms with Gasteiger partial charge in [0.15, 0.2) is 11.4 Å². The van der Waals surface area contributed by atoms with Crippen LogP contribution in [0.1, 0.15) is 29.8 Å². The molecule has 0 bridgehead atoms. The summed E-state index contributed by atoms with van der Waals surface area (Å²) in [5.74, 6) is 5.02. The van der Waals surface area contributed by atoms with Gasteiger partial charge in [0.2, 0.25) is 0 Å². The molecule has 0 saturated carbocycles. The molecule has 120 valence electrons. The summed E-state index contributed by atoms with van der Waals surface area (Å²) in [5, 5.41) is 0.575. The van der Waals surface area contributed by atoms with Gasteiger partial charge in [-0.15, -0.1) is 0 Å². The molecule has 23 heavy (non-hydrogen) atoms. The van der Waals surface area contributed by atoms with Crippen molar-refractivity contribution in [2.75, 3.05) is 0 Å². The van der Waals surface area contributed by atoms with E-state index in [0.29, 0.717) is 21.9 Å². The first-order valence-corrected chi connectivity index (χ1v) is 7.31. The number of halogens is 1. The smallest absolute Gasteiger partial charge is 0.277 e. The number of hydrogen-bond acceptors (Lipinski definition) is 4. The summed E-state index contributed by atoms with van der Waals surface area (Å²) in [7, 11) is 0. The van der Waals surface area contributed by atoms with Crippen molar-refractivity contribution in [2.24, 2.45) is 5.84 Å². The number of ketones is 1. The maximum Gasteiger partial charge on any atom is 0.277 e. The van der Waals surface area contributed by atoms with Crippen LogP contribution >= 0.6 is 11.6 Å². The van der Waals surface area contributed by atoms with Gasteiger partial charge in [-0.2, -0.15) is 0 Å². The number of nitrogens with two attached hydrogens (primary N) is 1. The molecular weight excluding hydrogens is 316 g/mol. The summed E-state index contributed by atoms with van der Waals surface area (Å²) in [5.41, 5.74) is 2.00. The van der Waals surface area contributed by atoms with Crippen LogP contribution in [0.5, 0.6) is 5.75 Å². The van der Waals surface area contributed by atoms with Gasteiger partial charge in [0.25, 0.3) is 5.91 Å². The van der Waals surface area contributed by atoms with E-state index < -0.39 is 11.5 Å². The highest BCUT2D eigenvalue weighted by molar-refractivity contribution is 6.30. The number of carbonyl (C=O) groups excluding carboxylic acids is 2. The standard InChI is InChI=1S/C17H17ClN2O3/c1-17(2,16(22)20-19)23-14-9-5-12(6-10-14)15(21)11-3-7-13(18)8-4-11/h3-10H,19H2,1-2H3,(H,20,22). The quantitative estimate of drug-likeness (QED) is 0.382. The van der Waals surface area contributed by atoms with Crippen LogP contribution in [0, 0.1) is 0 Å². The number of benzene rings is 2. The largest absolute Gasteiger partial charge is 0.478 e. The van der Waals surface area contributed by atoms with E-state index in [1.54, 1.807) is 62.4 Å². The van der Waals surface area contributed by atoms with Gasteiger partial charge in [-0.1, -0.05) is 11.6 Å². The van der Waals surface area contributed by atoms with Gasteiger partial charge in [0, 0.05) is 16.1 Å². The first-order valence-electron chi connectivity index (χ1n) is 6.94. The Morgan fingerprint density at radius 2 is 1.48 bits per heavy atom. The zero-order valence-corrected chi connectivity index (χ0v) is 13.6. The highest BCUT2D eigenvalue weighted by Gasteiger charge is 2.29. The maximum atomic E-state index is 12.3. The van der Waals surface area contributed by atoms with Crippen molar-refractivity contribution in [3.8, 4) is 5.75 Å². The molecule has 2 aromatic carbocycles. The lowest BCUT2D eigenvalue weighted by atomic mass is 10.0. The Kier molecular flexibility index (Phi) is 5.03. The normalized spacial score (nSPS) is 11.0. The highest BCUT2D eigenvalue weighted by Crippen LogP contribution is 2.21. The molecular formula is C17H17ClN2O3. The molecule has 0 saturated heterocycles. The molecule has 5 nitrogen and oxygen atoms in total. The molecule has 0 spiro atoms. The van der Waals surface area contributed by atoms with Gasteiger partial charge in [-0.3, -0.25) is 15.0 Å². The minimum atomic E-state index is -1.11. The maximum absolute atomic E-state index is 12.3. The summed E-state index contributed by atoms with van der Waals surface area (Å²) in [6.45, 7) is 3.20. The minimum absolute atomic E-state index is 0.118. The second-order valence-corrected chi connectivity index (χ2v) is 5.88. The van der Waals surface area contributed by atoms with E-state index in [4.69, 9.17) is 22.2 Å². The number of hydrogen-bond donors (Lipinski definition) is 2. The molecule has 3 N–H and O–H groups in total. The lowest BCUT2D eigenvalue weighted by Gasteiger charge is -2.24. The molecule has 1 amide bonds. The molecule has 0 radical (unpaired) electrons. The molecule has 0 aromatic heterocycles. The van der Waals surface area contributed by atoms with Crippen LogP contribution in [0.15, 0.2) is 48.5 Å². The third kappa shape index (κ3) is 4.09. The number of ether oxygens (including phenoxy) is 1. The van der Waals surface area contributed by atoms with Crippen LogP contribution in [0.3, 0.4) is 0 Å². The number of nitrogens with one attached hydrogen (secondary N) is 1. The molecule has 2 rings (SSSR count). The van der Waals surface area contributed by atoms with Crippen molar-refractivity contribution in [1.29, 1.82) is 0 Å². The van der Waals surface area contributed by atoms with E-state index in [1.807, 2.05) is 0 Å². The van der Waals surface area contributed by atoms with Gasteiger partial charge in [0.05, 0.1) is 0 Å². The topological polar surface area (TPSA) is 81.4 Å². The second-order valence-electron chi connectivity index (χ2n) is 5.45. The van der Waals surface area contributed by atoms with Gasteiger partial charge in [-0.25, -0.2) is 5.84 Å². The highest BCUT2D eigenvalue weighted by atomic mass is 35.5. The molecule has 2 aromatic rings. The van der Waals surface area contributed by atoms with Crippen LogP contribution in [0.4, 0.5) is 0 Å². The Bertz CT molecular complexity index is 710. The average molecular weight is 333 g/mol. The molecule has 0 fully saturated rings. The fraction of sp³-hybridized carbons (Fsp3) is 0.176. The van der Waals surface area contributed by atoms with Crippen molar-refractivity contribution in [1.82, 2.24) is 5.43 Å². The lowest BCUT2D eigenvalue weighted by molar-refractivity contribution is -0.134. The summed E-state index contributed by atoms with van der Waals surface area (Å²) in [6.07, 6.45) is 0. The van der Waals surface area contributed by atoms with E-state index in [2.05, 4.69) is 5.43 Å². The molecule has 0 aliphatic rings. The van der Waals surface area contributed by atoms with Crippen LogP contribution < -0.4 is 16.0 Å². The first kappa shape index (κ1) is 17.0.